The van der Waals surface area contributed by atoms with Crippen LogP contribution in [0.3, 0.4) is 0 Å². The first-order chi connectivity index (χ1) is 11.5. The van der Waals surface area contributed by atoms with Crippen LogP contribution in [0.2, 0.25) is 0 Å². The minimum atomic E-state index is -0.305. The van der Waals surface area contributed by atoms with Gasteiger partial charge in [-0.3, -0.25) is 9.59 Å². The first-order valence-corrected chi connectivity index (χ1v) is 7.99. The summed E-state index contributed by atoms with van der Waals surface area (Å²) in [6.45, 7) is 4.70. The lowest BCUT2D eigenvalue weighted by Crippen LogP contribution is -2.34. The fourth-order valence-electron chi connectivity index (χ4n) is 2.19. The summed E-state index contributed by atoms with van der Waals surface area (Å²) < 4.78 is 6.38. The van der Waals surface area contributed by atoms with Crippen LogP contribution in [-0.2, 0) is 11.3 Å². The predicted octanol–water partition coefficient (Wildman–Crippen LogP) is 2.08. The standard InChI is InChI=1S/C18H23N3O3/c1-13(2)9-10-19-17(22)12-21-18(23)8-7-16(20-21)14-5-4-6-15(11-14)24-3/h4-8,11,13H,9-10,12H2,1-3H3,(H,19,22). The normalized spacial score (nSPS) is 10.7. The van der Waals surface area contributed by atoms with Crippen molar-refractivity contribution in [3.05, 3.63) is 46.8 Å². The summed E-state index contributed by atoms with van der Waals surface area (Å²) in [5, 5.41) is 7.10. The summed E-state index contributed by atoms with van der Waals surface area (Å²) >= 11 is 0. The largest absolute Gasteiger partial charge is 0.497 e. The number of amides is 1. The van der Waals surface area contributed by atoms with E-state index in [1.165, 1.54) is 10.7 Å². The molecule has 0 unspecified atom stereocenters. The highest BCUT2D eigenvalue weighted by molar-refractivity contribution is 5.75. The Bertz CT molecular complexity index is 753. The third-order valence-electron chi connectivity index (χ3n) is 3.57. The number of nitrogens with zero attached hydrogens (tertiary/aromatic N) is 2. The predicted molar refractivity (Wildman–Crippen MR) is 92.9 cm³/mol. The van der Waals surface area contributed by atoms with Gasteiger partial charge in [-0.05, 0) is 30.5 Å². The zero-order valence-corrected chi connectivity index (χ0v) is 14.3. The van der Waals surface area contributed by atoms with E-state index in [9.17, 15) is 9.59 Å². The molecule has 128 valence electrons. The molecule has 6 nitrogen and oxygen atoms in total. The molecule has 24 heavy (non-hydrogen) atoms. The van der Waals surface area contributed by atoms with Crippen LogP contribution < -0.4 is 15.6 Å². The van der Waals surface area contributed by atoms with Gasteiger partial charge < -0.3 is 10.1 Å². The van der Waals surface area contributed by atoms with Crippen molar-refractivity contribution in [3.63, 3.8) is 0 Å². The van der Waals surface area contributed by atoms with E-state index in [1.807, 2.05) is 24.3 Å². The van der Waals surface area contributed by atoms with Crippen LogP contribution >= 0.6 is 0 Å². The lowest BCUT2D eigenvalue weighted by molar-refractivity contribution is -0.121. The van der Waals surface area contributed by atoms with E-state index in [4.69, 9.17) is 4.74 Å². The minimum Gasteiger partial charge on any atom is -0.497 e. The van der Waals surface area contributed by atoms with Gasteiger partial charge in [-0.25, -0.2) is 4.68 Å². The van der Waals surface area contributed by atoms with E-state index >= 15 is 0 Å². The Balaban J connectivity index is 2.13. The van der Waals surface area contributed by atoms with E-state index in [2.05, 4.69) is 24.3 Å². The topological polar surface area (TPSA) is 73.2 Å². The number of hydrogen-bond donors (Lipinski definition) is 1. The number of carbonyl (C=O) groups excluding carboxylic acids is 1. The third kappa shape index (κ3) is 4.94. The lowest BCUT2D eigenvalue weighted by Gasteiger charge is -2.09. The summed E-state index contributed by atoms with van der Waals surface area (Å²) in [5.41, 5.74) is 1.13. The Morgan fingerprint density at radius 2 is 2.08 bits per heavy atom. The van der Waals surface area contributed by atoms with E-state index < -0.39 is 0 Å². The van der Waals surface area contributed by atoms with Crippen molar-refractivity contribution in [1.82, 2.24) is 15.1 Å². The van der Waals surface area contributed by atoms with Gasteiger partial charge in [0, 0.05) is 18.2 Å². The van der Waals surface area contributed by atoms with Crippen molar-refractivity contribution in [2.45, 2.75) is 26.8 Å². The number of nitrogens with one attached hydrogen (secondary N) is 1. The summed E-state index contributed by atoms with van der Waals surface area (Å²) in [5.74, 6) is 1.01. The van der Waals surface area contributed by atoms with E-state index in [0.29, 0.717) is 23.9 Å². The highest BCUT2D eigenvalue weighted by Crippen LogP contribution is 2.20. The second kappa shape index (κ2) is 8.29. The van der Waals surface area contributed by atoms with E-state index in [0.717, 1.165) is 12.0 Å². The number of carbonyl (C=O) groups is 1. The van der Waals surface area contributed by atoms with Crippen LogP contribution in [0, 0.1) is 5.92 Å². The van der Waals surface area contributed by atoms with Crippen molar-refractivity contribution < 1.29 is 9.53 Å². The molecule has 0 aliphatic heterocycles. The summed E-state index contributed by atoms with van der Waals surface area (Å²) in [6.07, 6.45) is 0.901. The first-order valence-electron chi connectivity index (χ1n) is 7.99. The maximum atomic E-state index is 12.0. The maximum Gasteiger partial charge on any atom is 0.267 e. The molecule has 1 aromatic carbocycles. The number of methoxy groups -OCH3 is 1. The number of ether oxygens (including phenoxy) is 1. The first kappa shape index (κ1) is 17.7. The monoisotopic (exact) mass is 329 g/mol. The molecule has 0 saturated heterocycles. The van der Waals surface area contributed by atoms with Crippen molar-refractivity contribution >= 4 is 5.91 Å². The second-order valence-electron chi connectivity index (χ2n) is 5.98. The van der Waals surface area contributed by atoms with Gasteiger partial charge in [0.05, 0.1) is 12.8 Å². The molecule has 0 atom stereocenters. The van der Waals surface area contributed by atoms with Crippen LogP contribution in [0.15, 0.2) is 41.2 Å². The van der Waals surface area contributed by atoms with Gasteiger partial charge in [-0.15, -0.1) is 0 Å². The van der Waals surface area contributed by atoms with Gasteiger partial charge in [0.25, 0.3) is 5.56 Å². The van der Waals surface area contributed by atoms with Gasteiger partial charge in [0.1, 0.15) is 12.3 Å². The molecule has 1 N–H and O–H groups in total. The number of aromatic nitrogens is 2. The molecule has 1 aromatic heterocycles. The molecule has 0 aliphatic rings. The number of rotatable bonds is 7. The molecule has 0 spiro atoms. The van der Waals surface area contributed by atoms with Crippen LogP contribution in [0.25, 0.3) is 11.3 Å². The van der Waals surface area contributed by atoms with E-state index in [1.54, 1.807) is 13.2 Å². The van der Waals surface area contributed by atoms with Crippen molar-refractivity contribution in [2.75, 3.05) is 13.7 Å². The highest BCUT2D eigenvalue weighted by atomic mass is 16.5. The lowest BCUT2D eigenvalue weighted by atomic mass is 10.1. The number of hydrogen-bond acceptors (Lipinski definition) is 4. The minimum absolute atomic E-state index is 0.0886. The van der Waals surface area contributed by atoms with Gasteiger partial charge >= 0.3 is 0 Å². The van der Waals surface area contributed by atoms with E-state index in [-0.39, 0.29) is 18.0 Å². The van der Waals surface area contributed by atoms with Gasteiger partial charge in [0.15, 0.2) is 0 Å². The molecule has 2 rings (SSSR count). The Morgan fingerprint density at radius 3 is 2.79 bits per heavy atom. The fourth-order valence-corrected chi connectivity index (χ4v) is 2.19. The average molecular weight is 329 g/mol. The van der Waals surface area contributed by atoms with Gasteiger partial charge in [0.2, 0.25) is 5.91 Å². The Labute approximate surface area is 141 Å². The Kier molecular flexibility index (Phi) is 6.12. The number of benzene rings is 1. The summed E-state index contributed by atoms with van der Waals surface area (Å²) in [6, 6.07) is 10.5. The van der Waals surface area contributed by atoms with Crippen LogP contribution in [0.1, 0.15) is 20.3 Å². The van der Waals surface area contributed by atoms with Crippen molar-refractivity contribution in [2.24, 2.45) is 5.92 Å². The molecule has 0 fully saturated rings. The summed E-state index contributed by atoms with van der Waals surface area (Å²) in [4.78, 5) is 23.9. The zero-order valence-electron chi connectivity index (χ0n) is 14.3. The average Bonchev–Trinajstić information content (AvgIpc) is 2.56. The molecular weight excluding hydrogens is 306 g/mol. The molecular formula is C18H23N3O3. The van der Waals surface area contributed by atoms with Crippen LogP contribution in [0.5, 0.6) is 5.75 Å². The van der Waals surface area contributed by atoms with Crippen molar-refractivity contribution in [3.8, 4) is 17.0 Å². The molecule has 0 radical (unpaired) electrons. The molecule has 0 bridgehead atoms. The van der Waals surface area contributed by atoms with Gasteiger partial charge in [-0.2, -0.15) is 5.10 Å². The van der Waals surface area contributed by atoms with Crippen LogP contribution in [-0.4, -0.2) is 29.3 Å². The highest BCUT2D eigenvalue weighted by Gasteiger charge is 2.08. The molecule has 6 heteroatoms. The SMILES string of the molecule is COc1cccc(-c2ccc(=O)n(CC(=O)NCCC(C)C)n2)c1. The fraction of sp³-hybridized carbons (Fsp3) is 0.389. The van der Waals surface area contributed by atoms with Gasteiger partial charge in [-0.1, -0.05) is 26.0 Å². The maximum absolute atomic E-state index is 12.0. The Hall–Kier alpha value is -2.63. The van der Waals surface area contributed by atoms with Crippen LogP contribution in [0.4, 0.5) is 0 Å². The molecule has 0 saturated carbocycles. The Morgan fingerprint density at radius 1 is 1.29 bits per heavy atom. The molecule has 2 aromatic rings. The molecule has 1 heterocycles. The molecule has 0 aliphatic carbocycles. The second-order valence-corrected chi connectivity index (χ2v) is 5.98. The quantitative estimate of drug-likeness (QED) is 0.844. The van der Waals surface area contributed by atoms with Crippen molar-refractivity contribution in [1.29, 1.82) is 0 Å². The third-order valence-corrected chi connectivity index (χ3v) is 3.57. The summed E-state index contributed by atoms with van der Waals surface area (Å²) in [7, 11) is 1.59. The smallest absolute Gasteiger partial charge is 0.267 e. The zero-order chi connectivity index (χ0) is 17.5. The molecule has 1 amide bonds.